The fourth-order valence-electron chi connectivity index (χ4n) is 5.23. The third-order valence-electron chi connectivity index (χ3n) is 7.38. The lowest BCUT2D eigenvalue weighted by Crippen LogP contribution is -2.60. The molecular weight excluding hydrogens is 502 g/mol. The van der Waals surface area contributed by atoms with Gasteiger partial charge in [0.25, 0.3) is 5.91 Å². The Balaban J connectivity index is 2.32. The lowest BCUT2D eigenvalue weighted by atomic mass is 9.85. The summed E-state index contributed by atoms with van der Waals surface area (Å²) >= 11 is 0. The van der Waals surface area contributed by atoms with Crippen molar-refractivity contribution >= 4 is 29.6 Å². The number of carbonyl (C=O) groups is 5. The van der Waals surface area contributed by atoms with Gasteiger partial charge in [0.2, 0.25) is 17.6 Å². The van der Waals surface area contributed by atoms with E-state index in [0.717, 1.165) is 0 Å². The Morgan fingerprint density at radius 3 is 2.26 bits per heavy atom. The molecule has 1 heterocycles. The van der Waals surface area contributed by atoms with Crippen LogP contribution in [0.15, 0.2) is 12.7 Å². The number of nitriles is 1. The van der Waals surface area contributed by atoms with Gasteiger partial charge >= 0.3 is 6.09 Å². The molecule has 216 valence electrons. The predicted molar refractivity (Wildman–Crippen MR) is 144 cm³/mol. The molecule has 11 heteroatoms. The van der Waals surface area contributed by atoms with Crippen LogP contribution in [0.3, 0.4) is 0 Å². The van der Waals surface area contributed by atoms with E-state index < -0.39 is 58.7 Å². The molecule has 1 unspecified atom stereocenters. The van der Waals surface area contributed by atoms with E-state index in [1.54, 1.807) is 32.9 Å². The average Bonchev–Trinajstić information content (AvgIpc) is 3.14. The van der Waals surface area contributed by atoms with Gasteiger partial charge in [-0.15, -0.1) is 6.58 Å². The Morgan fingerprint density at radius 2 is 1.74 bits per heavy atom. The molecule has 0 aromatic carbocycles. The van der Waals surface area contributed by atoms with E-state index in [4.69, 9.17) is 10.00 Å². The second kappa shape index (κ2) is 11.8. The molecule has 0 spiro atoms. The number of carbonyl (C=O) groups excluding carboxylic acids is 5. The number of allylic oxidation sites excluding steroid dienone is 1. The number of Topliss-reactive ketones (excluding diaryl/α,β-unsaturated/α-hetero) is 1. The van der Waals surface area contributed by atoms with Gasteiger partial charge in [0.05, 0.1) is 12.1 Å². The fraction of sp³-hybridized carbons (Fsp3) is 0.714. The summed E-state index contributed by atoms with van der Waals surface area (Å²) in [5.41, 5.74) is -1.65. The molecule has 1 aliphatic heterocycles. The van der Waals surface area contributed by atoms with Crippen LogP contribution in [0.4, 0.5) is 4.79 Å². The number of alkyl carbamates (subject to hydrolysis) is 1. The van der Waals surface area contributed by atoms with Crippen molar-refractivity contribution in [1.82, 2.24) is 20.9 Å². The number of hydrogen-bond donors (Lipinski definition) is 3. The molecule has 3 N–H and O–H groups in total. The predicted octanol–water partition coefficient (Wildman–Crippen LogP) is 2.07. The topological polar surface area (TPSA) is 158 Å². The highest BCUT2D eigenvalue weighted by atomic mass is 16.6. The summed E-state index contributed by atoms with van der Waals surface area (Å²) in [6.45, 7) is 18.3. The number of nitrogens with zero attached hydrogens (tertiary/aromatic N) is 2. The molecular formula is C28H43N5O6. The molecule has 0 aromatic rings. The van der Waals surface area contributed by atoms with E-state index in [2.05, 4.69) is 22.5 Å². The molecule has 1 aliphatic carbocycles. The largest absolute Gasteiger partial charge is 0.444 e. The minimum atomic E-state index is -1.15. The van der Waals surface area contributed by atoms with Gasteiger partial charge in [-0.1, -0.05) is 40.7 Å². The van der Waals surface area contributed by atoms with Crippen LogP contribution in [0.25, 0.3) is 0 Å². The standard InChI is InChI=1S/C28H43N5O6/c1-10-11-12-17(20(34)23(36)30-14-13-29)31-22(35)19-18-16(28(18,8)9)15-33(19)24(37)21(26(2,3)4)32-25(38)39-27(5,6)7/h10,16-19,21H,1,11-12,14-15H2,2-9H3,(H,30,36)(H,31,35)(H,32,38)/t16-,17-,18-,19?,21+/m0/s1. The highest BCUT2D eigenvalue weighted by Gasteiger charge is 2.70. The highest BCUT2D eigenvalue weighted by Crippen LogP contribution is 2.65. The van der Waals surface area contributed by atoms with Crippen LogP contribution in [0, 0.1) is 34.0 Å². The molecule has 11 nitrogen and oxygen atoms in total. The van der Waals surface area contributed by atoms with Crippen molar-refractivity contribution in [3.63, 3.8) is 0 Å². The lowest BCUT2D eigenvalue weighted by molar-refractivity contribution is -0.145. The first-order valence-corrected chi connectivity index (χ1v) is 13.3. The van der Waals surface area contributed by atoms with Crippen LogP contribution in [0.2, 0.25) is 0 Å². The van der Waals surface area contributed by atoms with Crippen molar-refractivity contribution in [3.05, 3.63) is 12.7 Å². The molecule has 0 bridgehead atoms. The van der Waals surface area contributed by atoms with Crippen LogP contribution in [-0.2, 0) is 23.9 Å². The van der Waals surface area contributed by atoms with Crippen molar-refractivity contribution in [3.8, 4) is 6.07 Å². The average molecular weight is 546 g/mol. The Morgan fingerprint density at radius 1 is 1.13 bits per heavy atom. The number of piperidine rings is 1. The van der Waals surface area contributed by atoms with Crippen molar-refractivity contribution in [2.75, 3.05) is 13.1 Å². The number of ether oxygens (including phenoxy) is 1. The van der Waals surface area contributed by atoms with Crippen molar-refractivity contribution in [1.29, 1.82) is 5.26 Å². The second-order valence-electron chi connectivity index (χ2n) is 13.0. The van der Waals surface area contributed by atoms with Crippen molar-refractivity contribution < 1.29 is 28.7 Å². The summed E-state index contributed by atoms with van der Waals surface area (Å²) in [5.74, 6) is -2.88. The molecule has 0 radical (unpaired) electrons. The quantitative estimate of drug-likeness (QED) is 0.215. The zero-order valence-corrected chi connectivity index (χ0v) is 24.3. The summed E-state index contributed by atoms with van der Waals surface area (Å²) in [7, 11) is 0. The monoisotopic (exact) mass is 545 g/mol. The van der Waals surface area contributed by atoms with E-state index in [1.165, 1.54) is 4.90 Å². The van der Waals surface area contributed by atoms with Gasteiger partial charge in [0, 0.05) is 6.54 Å². The third-order valence-corrected chi connectivity index (χ3v) is 7.38. The molecule has 1 saturated heterocycles. The highest BCUT2D eigenvalue weighted by molar-refractivity contribution is 6.38. The first-order valence-electron chi connectivity index (χ1n) is 13.3. The lowest BCUT2D eigenvalue weighted by Gasteiger charge is -2.38. The molecule has 2 aliphatic rings. The minimum absolute atomic E-state index is 0.0700. The van der Waals surface area contributed by atoms with Crippen LogP contribution in [0.5, 0.6) is 0 Å². The molecule has 5 atom stereocenters. The van der Waals surface area contributed by atoms with E-state index in [-0.39, 0.29) is 30.2 Å². The van der Waals surface area contributed by atoms with E-state index in [1.807, 2.05) is 34.6 Å². The van der Waals surface area contributed by atoms with Gasteiger partial charge in [-0.3, -0.25) is 19.2 Å². The van der Waals surface area contributed by atoms with E-state index in [9.17, 15) is 24.0 Å². The minimum Gasteiger partial charge on any atom is -0.444 e. The summed E-state index contributed by atoms with van der Waals surface area (Å²) in [5, 5.41) is 16.3. The van der Waals surface area contributed by atoms with Crippen LogP contribution < -0.4 is 16.0 Å². The van der Waals surface area contributed by atoms with Gasteiger partial charge in [-0.2, -0.15) is 5.26 Å². The van der Waals surface area contributed by atoms with Crippen molar-refractivity contribution in [2.45, 2.75) is 92.0 Å². The molecule has 0 aromatic heterocycles. The van der Waals surface area contributed by atoms with E-state index >= 15 is 0 Å². The summed E-state index contributed by atoms with van der Waals surface area (Å²) in [6.07, 6.45) is 1.33. The Bertz CT molecular complexity index is 1050. The number of rotatable bonds is 10. The molecule has 2 fully saturated rings. The smallest absolute Gasteiger partial charge is 0.408 e. The summed E-state index contributed by atoms with van der Waals surface area (Å²) in [4.78, 5) is 66.7. The van der Waals surface area contributed by atoms with Crippen LogP contribution in [0.1, 0.15) is 68.2 Å². The first-order chi connectivity index (χ1) is 17.9. The molecule has 2 rings (SSSR count). The van der Waals surface area contributed by atoms with Gasteiger partial charge in [0.1, 0.15) is 24.2 Å². The fourth-order valence-corrected chi connectivity index (χ4v) is 5.23. The number of amides is 4. The zero-order valence-electron chi connectivity index (χ0n) is 24.3. The molecule has 4 amide bonds. The number of hydrogen-bond acceptors (Lipinski definition) is 7. The summed E-state index contributed by atoms with van der Waals surface area (Å²) in [6, 6.07) is -1.27. The molecule has 1 saturated carbocycles. The third kappa shape index (κ3) is 7.58. The van der Waals surface area contributed by atoms with Crippen LogP contribution in [-0.4, -0.2) is 71.3 Å². The van der Waals surface area contributed by atoms with Gasteiger partial charge in [-0.05, 0) is 56.3 Å². The maximum Gasteiger partial charge on any atom is 0.408 e. The van der Waals surface area contributed by atoms with Gasteiger partial charge in [-0.25, -0.2) is 4.79 Å². The Hall–Kier alpha value is -3.42. The Labute approximate surface area is 231 Å². The zero-order chi connectivity index (χ0) is 29.9. The normalized spacial score (nSPS) is 22.8. The van der Waals surface area contributed by atoms with Crippen molar-refractivity contribution in [2.24, 2.45) is 22.7 Å². The Kier molecular flexibility index (Phi) is 9.59. The number of likely N-dealkylation sites (tertiary alicyclic amines) is 1. The van der Waals surface area contributed by atoms with E-state index in [0.29, 0.717) is 13.0 Å². The second-order valence-corrected chi connectivity index (χ2v) is 13.0. The first kappa shape index (κ1) is 31.8. The SMILES string of the molecule is C=CCC[C@H](NC(=O)C1[C@@H]2[C@H](CN1C(=O)[C@@H](NC(=O)OC(C)(C)C)C(C)(C)C)C2(C)C)C(=O)C(=O)NCC#N. The number of fused-ring (bicyclic) bond motifs is 1. The van der Waals surface area contributed by atoms with Gasteiger partial charge in [0.15, 0.2) is 0 Å². The van der Waals surface area contributed by atoms with Gasteiger partial charge < -0.3 is 25.6 Å². The maximum absolute atomic E-state index is 13.9. The number of ketones is 1. The number of nitrogens with one attached hydrogen (secondary N) is 3. The van der Waals surface area contributed by atoms with Crippen LogP contribution >= 0.6 is 0 Å². The summed E-state index contributed by atoms with van der Waals surface area (Å²) < 4.78 is 5.38. The molecule has 39 heavy (non-hydrogen) atoms. The maximum atomic E-state index is 13.9.